The molecule has 0 atom stereocenters. The van der Waals surface area contributed by atoms with Gasteiger partial charge in [-0.15, -0.1) is 0 Å². The molecule has 1 amide bonds. The van der Waals surface area contributed by atoms with Crippen LogP contribution in [-0.2, 0) is 6.42 Å². The molecule has 3 aromatic rings. The van der Waals surface area contributed by atoms with E-state index in [4.69, 9.17) is 16.3 Å². The highest BCUT2D eigenvalue weighted by Crippen LogP contribution is 2.21. The van der Waals surface area contributed by atoms with Crippen LogP contribution in [0.15, 0.2) is 54.7 Å². The van der Waals surface area contributed by atoms with Gasteiger partial charge in [0.15, 0.2) is 0 Å². The highest BCUT2D eigenvalue weighted by Gasteiger charge is 2.11. The van der Waals surface area contributed by atoms with Crippen molar-refractivity contribution in [1.82, 2.24) is 9.97 Å². The fourth-order valence-electron chi connectivity index (χ4n) is 2.70. The zero-order valence-electron chi connectivity index (χ0n) is 15.7. The molecule has 0 bridgehead atoms. The van der Waals surface area contributed by atoms with E-state index in [-0.39, 0.29) is 11.6 Å². The first kappa shape index (κ1) is 19.6. The molecule has 28 heavy (non-hydrogen) atoms. The second kappa shape index (κ2) is 9.19. The van der Waals surface area contributed by atoms with Crippen LogP contribution in [0.2, 0.25) is 5.02 Å². The number of carbonyl (C=O) groups excluding carboxylic acids is 1. The monoisotopic (exact) mass is 396 g/mol. The molecular weight excluding hydrogens is 376 g/mol. The molecule has 0 aliphatic carbocycles. The van der Waals surface area contributed by atoms with E-state index in [9.17, 15) is 4.79 Å². The molecule has 144 valence electrons. The van der Waals surface area contributed by atoms with Crippen LogP contribution in [0.4, 0.5) is 11.6 Å². The van der Waals surface area contributed by atoms with Gasteiger partial charge in [0.25, 0.3) is 5.91 Å². The number of hydrogen-bond donors (Lipinski definition) is 2. The average molecular weight is 397 g/mol. The highest BCUT2D eigenvalue weighted by molar-refractivity contribution is 6.31. The number of aromatic nitrogens is 2. The molecule has 0 saturated heterocycles. The number of nitrogens with zero attached hydrogens (tertiary/aromatic N) is 2. The van der Waals surface area contributed by atoms with Crippen LogP contribution >= 0.6 is 11.6 Å². The summed E-state index contributed by atoms with van der Waals surface area (Å²) < 4.78 is 5.35. The number of para-hydroxylation sites is 1. The first-order valence-electron chi connectivity index (χ1n) is 8.83. The molecule has 6 nitrogen and oxygen atoms in total. The Morgan fingerprint density at radius 2 is 2.00 bits per heavy atom. The summed E-state index contributed by atoms with van der Waals surface area (Å²) >= 11 is 6.00. The zero-order chi connectivity index (χ0) is 19.9. The van der Waals surface area contributed by atoms with Crippen molar-refractivity contribution < 1.29 is 9.53 Å². The molecule has 0 radical (unpaired) electrons. The minimum Gasteiger partial charge on any atom is -0.496 e. The molecular formula is C21H21ClN4O2. The van der Waals surface area contributed by atoms with Gasteiger partial charge in [0.1, 0.15) is 11.4 Å². The third-order valence-corrected chi connectivity index (χ3v) is 4.44. The molecule has 0 saturated carbocycles. The maximum atomic E-state index is 12.5. The number of benzene rings is 2. The van der Waals surface area contributed by atoms with Crippen molar-refractivity contribution in [2.45, 2.75) is 13.3 Å². The van der Waals surface area contributed by atoms with E-state index < -0.39 is 0 Å². The normalized spacial score (nSPS) is 10.4. The maximum Gasteiger partial charge on any atom is 0.274 e. The summed E-state index contributed by atoms with van der Waals surface area (Å²) in [6, 6.07) is 14.7. The summed E-state index contributed by atoms with van der Waals surface area (Å²) in [5.41, 5.74) is 2.93. The molecule has 0 spiro atoms. The number of rotatable bonds is 7. The van der Waals surface area contributed by atoms with Crippen molar-refractivity contribution >= 4 is 29.1 Å². The Morgan fingerprint density at radius 3 is 2.82 bits per heavy atom. The topological polar surface area (TPSA) is 76.1 Å². The van der Waals surface area contributed by atoms with Gasteiger partial charge in [-0.05, 0) is 48.7 Å². The number of aryl methyl sites for hydroxylation is 1. The zero-order valence-corrected chi connectivity index (χ0v) is 16.5. The Bertz CT molecular complexity index is 978. The third kappa shape index (κ3) is 4.98. The predicted molar refractivity (Wildman–Crippen MR) is 111 cm³/mol. The minimum atomic E-state index is -0.319. The molecule has 7 heteroatoms. The van der Waals surface area contributed by atoms with Crippen molar-refractivity contribution in [3.8, 4) is 5.75 Å². The fraction of sp³-hybridized carbons (Fsp3) is 0.190. The van der Waals surface area contributed by atoms with Crippen molar-refractivity contribution in [2.75, 3.05) is 24.3 Å². The van der Waals surface area contributed by atoms with Crippen molar-refractivity contribution in [3.05, 3.63) is 76.6 Å². The van der Waals surface area contributed by atoms with Gasteiger partial charge in [0, 0.05) is 23.5 Å². The van der Waals surface area contributed by atoms with Crippen LogP contribution in [0, 0.1) is 6.92 Å². The molecule has 0 aliphatic rings. The van der Waals surface area contributed by atoms with Crippen LogP contribution in [0.5, 0.6) is 5.75 Å². The van der Waals surface area contributed by atoms with E-state index in [1.165, 1.54) is 0 Å². The Labute approximate surface area is 168 Å². The summed E-state index contributed by atoms with van der Waals surface area (Å²) in [5.74, 6) is 0.918. The molecule has 0 fully saturated rings. The molecule has 3 rings (SSSR count). The van der Waals surface area contributed by atoms with Crippen LogP contribution in [0.25, 0.3) is 0 Å². The van der Waals surface area contributed by atoms with Crippen molar-refractivity contribution in [3.63, 3.8) is 0 Å². The van der Waals surface area contributed by atoms with Crippen molar-refractivity contribution in [2.24, 2.45) is 0 Å². The van der Waals surface area contributed by atoms with Gasteiger partial charge in [-0.1, -0.05) is 35.9 Å². The minimum absolute atomic E-state index is 0.272. The van der Waals surface area contributed by atoms with Gasteiger partial charge < -0.3 is 15.4 Å². The van der Waals surface area contributed by atoms with Gasteiger partial charge >= 0.3 is 0 Å². The second-order valence-electron chi connectivity index (χ2n) is 6.17. The lowest BCUT2D eigenvalue weighted by Crippen LogP contribution is -2.16. The van der Waals surface area contributed by atoms with Gasteiger partial charge in [-0.3, -0.25) is 4.79 Å². The van der Waals surface area contributed by atoms with E-state index in [1.54, 1.807) is 31.5 Å². The smallest absolute Gasteiger partial charge is 0.274 e. The quantitative estimate of drug-likeness (QED) is 0.620. The van der Waals surface area contributed by atoms with E-state index >= 15 is 0 Å². The maximum absolute atomic E-state index is 12.5. The predicted octanol–water partition coefficient (Wildman–Crippen LogP) is 4.35. The number of halogens is 1. The van der Waals surface area contributed by atoms with Crippen LogP contribution in [0.3, 0.4) is 0 Å². The van der Waals surface area contributed by atoms with Crippen molar-refractivity contribution in [1.29, 1.82) is 0 Å². The van der Waals surface area contributed by atoms with E-state index in [1.807, 2.05) is 37.3 Å². The number of amides is 1. The number of ether oxygens (including phenoxy) is 1. The van der Waals surface area contributed by atoms with Gasteiger partial charge in [0.05, 0.1) is 7.11 Å². The van der Waals surface area contributed by atoms with Gasteiger partial charge in [0.2, 0.25) is 5.95 Å². The number of carbonyl (C=O) groups is 1. The van der Waals surface area contributed by atoms with Gasteiger partial charge in [-0.25, -0.2) is 9.97 Å². The Kier molecular flexibility index (Phi) is 6.45. The highest BCUT2D eigenvalue weighted by atomic mass is 35.5. The van der Waals surface area contributed by atoms with E-state index in [0.717, 1.165) is 23.3 Å². The Morgan fingerprint density at radius 1 is 1.18 bits per heavy atom. The summed E-state index contributed by atoms with van der Waals surface area (Å²) in [5, 5.41) is 6.54. The summed E-state index contributed by atoms with van der Waals surface area (Å²) in [4.78, 5) is 21.0. The summed E-state index contributed by atoms with van der Waals surface area (Å²) in [6.45, 7) is 2.51. The van der Waals surface area contributed by atoms with E-state index in [2.05, 4.69) is 20.6 Å². The number of methoxy groups -OCH3 is 1. The first-order valence-corrected chi connectivity index (χ1v) is 9.21. The lowest BCUT2D eigenvalue weighted by atomic mass is 10.1. The average Bonchev–Trinajstić information content (AvgIpc) is 2.71. The fourth-order valence-corrected chi connectivity index (χ4v) is 2.88. The molecule has 2 N–H and O–H groups in total. The molecule has 1 heterocycles. The standard InChI is InChI=1S/C21H21ClN4O2/c1-14-7-8-16(22)13-18(14)25-20(27)17-10-12-24-21(26-17)23-11-9-15-5-3-4-6-19(15)28-2/h3-8,10,12-13H,9,11H2,1-2H3,(H,25,27)(H,23,24,26). The number of hydrogen-bond acceptors (Lipinski definition) is 5. The molecule has 1 aromatic heterocycles. The number of nitrogens with one attached hydrogen (secondary N) is 2. The summed E-state index contributed by atoms with van der Waals surface area (Å²) in [7, 11) is 1.65. The second-order valence-corrected chi connectivity index (χ2v) is 6.60. The van der Waals surface area contributed by atoms with Crippen LogP contribution in [0.1, 0.15) is 21.6 Å². The van der Waals surface area contributed by atoms with Gasteiger partial charge in [-0.2, -0.15) is 0 Å². The lowest BCUT2D eigenvalue weighted by Gasteiger charge is -2.10. The molecule has 0 unspecified atom stereocenters. The summed E-state index contributed by atoms with van der Waals surface area (Å²) in [6.07, 6.45) is 2.30. The largest absolute Gasteiger partial charge is 0.496 e. The first-order chi connectivity index (χ1) is 13.6. The number of anilines is 2. The van der Waals surface area contributed by atoms with Crippen LogP contribution in [-0.4, -0.2) is 29.5 Å². The third-order valence-electron chi connectivity index (χ3n) is 4.21. The Hall–Kier alpha value is -3.12. The van der Waals surface area contributed by atoms with E-state index in [0.29, 0.717) is 23.2 Å². The SMILES string of the molecule is COc1ccccc1CCNc1nccc(C(=O)Nc2cc(Cl)ccc2C)n1. The lowest BCUT2D eigenvalue weighted by molar-refractivity contribution is 0.102. The molecule has 2 aromatic carbocycles. The Balaban J connectivity index is 1.63. The van der Waals surface area contributed by atoms with Crippen LogP contribution < -0.4 is 15.4 Å². The molecule has 0 aliphatic heterocycles.